The number of ether oxygens (including phenoxy) is 1. The standard InChI is InChI=1S/C23H18ClF2N7O3S/c1-11-5-12(13-6-19(24)28-8-17(13)36-2)14(7-27-11)20(34)31-23-30-15-9-32(10-18(15)37-23)21(35)16-3-4-29-33(16)22(25)26/h3-8,22H,9-10H2,1-2H3,(H,30,31,34). The summed E-state index contributed by atoms with van der Waals surface area (Å²) >= 11 is 7.30. The molecule has 1 N–H and O–H groups in total. The van der Waals surface area contributed by atoms with Crippen LogP contribution in [0, 0.1) is 6.92 Å². The largest absolute Gasteiger partial charge is 0.494 e. The quantitative estimate of drug-likeness (QED) is 0.353. The molecule has 0 aromatic carbocycles. The lowest BCUT2D eigenvalue weighted by Gasteiger charge is -2.16. The number of hydrogen-bond donors (Lipinski definition) is 1. The number of alkyl halides is 2. The molecule has 10 nitrogen and oxygen atoms in total. The Bertz CT molecular complexity index is 1500. The van der Waals surface area contributed by atoms with Crippen molar-refractivity contribution in [3.63, 3.8) is 0 Å². The van der Waals surface area contributed by atoms with E-state index < -0.39 is 18.4 Å². The van der Waals surface area contributed by atoms with E-state index in [1.807, 2.05) is 0 Å². The van der Waals surface area contributed by atoms with Crippen LogP contribution in [-0.4, -0.2) is 48.6 Å². The third-order valence-corrected chi connectivity index (χ3v) is 6.87. The molecule has 0 atom stereocenters. The molecule has 0 fully saturated rings. The molecule has 0 aliphatic carbocycles. The molecule has 37 heavy (non-hydrogen) atoms. The molecule has 190 valence electrons. The van der Waals surface area contributed by atoms with Crippen LogP contribution in [0.4, 0.5) is 13.9 Å². The van der Waals surface area contributed by atoms with Crippen LogP contribution in [0.5, 0.6) is 5.75 Å². The first-order valence-corrected chi connectivity index (χ1v) is 12.0. The number of rotatable bonds is 6. The average Bonchev–Trinajstić information content (AvgIpc) is 3.59. The summed E-state index contributed by atoms with van der Waals surface area (Å²) < 4.78 is 32.0. The molecule has 4 aromatic rings. The van der Waals surface area contributed by atoms with E-state index in [2.05, 4.69) is 25.4 Å². The van der Waals surface area contributed by atoms with Crippen LogP contribution in [0.3, 0.4) is 0 Å². The maximum Gasteiger partial charge on any atom is 0.333 e. The number of halogens is 3. The zero-order chi connectivity index (χ0) is 26.3. The summed E-state index contributed by atoms with van der Waals surface area (Å²) in [5.41, 5.74) is 2.48. The van der Waals surface area contributed by atoms with E-state index in [-0.39, 0.29) is 29.5 Å². The van der Waals surface area contributed by atoms with Crippen LogP contribution in [-0.2, 0) is 13.1 Å². The number of pyridine rings is 2. The number of amides is 2. The van der Waals surface area contributed by atoms with Gasteiger partial charge in [0.05, 0.1) is 42.5 Å². The van der Waals surface area contributed by atoms with Gasteiger partial charge in [-0.3, -0.25) is 19.9 Å². The fourth-order valence-electron chi connectivity index (χ4n) is 3.96. The Labute approximate surface area is 217 Å². The van der Waals surface area contributed by atoms with Gasteiger partial charge in [-0.2, -0.15) is 18.6 Å². The monoisotopic (exact) mass is 545 g/mol. The van der Waals surface area contributed by atoms with Gasteiger partial charge in [0.25, 0.3) is 11.8 Å². The molecule has 0 saturated heterocycles. The van der Waals surface area contributed by atoms with E-state index in [0.717, 1.165) is 11.1 Å². The van der Waals surface area contributed by atoms with Gasteiger partial charge in [-0.1, -0.05) is 22.9 Å². The molecule has 0 unspecified atom stereocenters. The average molecular weight is 546 g/mol. The van der Waals surface area contributed by atoms with Gasteiger partial charge in [-0.05, 0) is 25.1 Å². The molecule has 4 aromatic heterocycles. The Kier molecular flexibility index (Phi) is 6.56. The third kappa shape index (κ3) is 4.74. The van der Waals surface area contributed by atoms with Crippen LogP contribution >= 0.6 is 22.9 Å². The van der Waals surface area contributed by atoms with Gasteiger partial charge in [0, 0.05) is 29.2 Å². The predicted molar refractivity (Wildman–Crippen MR) is 131 cm³/mol. The summed E-state index contributed by atoms with van der Waals surface area (Å²) in [6.07, 6.45) is 4.09. The maximum atomic E-state index is 13.2. The molecular weight excluding hydrogens is 528 g/mol. The Morgan fingerprint density at radius 3 is 2.73 bits per heavy atom. The van der Waals surface area contributed by atoms with Gasteiger partial charge in [-0.25, -0.2) is 9.97 Å². The molecule has 1 aliphatic heterocycles. The Morgan fingerprint density at radius 2 is 2.00 bits per heavy atom. The van der Waals surface area contributed by atoms with Gasteiger partial charge in [0.1, 0.15) is 16.6 Å². The maximum absolute atomic E-state index is 13.2. The number of fused-ring (bicyclic) bond motifs is 1. The number of anilines is 1. The normalized spacial score (nSPS) is 12.6. The third-order valence-electron chi connectivity index (χ3n) is 5.66. The molecule has 1 aliphatic rings. The van der Waals surface area contributed by atoms with Crippen LogP contribution in [0.2, 0.25) is 5.15 Å². The smallest absolute Gasteiger partial charge is 0.333 e. The van der Waals surface area contributed by atoms with Crippen molar-refractivity contribution >= 4 is 39.9 Å². The highest BCUT2D eigenvalue weighted by Crippen LogP contribution is 2.35. The first-order valence-electron chi connectivity index (χ1n) is 10.8. The zero-order valence-electron chi connectivity index (χ0n) is 19.4. The molecule has 14 heteroatoms. The highest BCUT2D eigenvalue weighted by Gasteiger charge is 2.31. The number of methoxy groups -OCH3 is 1. The van der Waals surface area contributed by atoms with E-state index in [0.29, 0.717) is 38.1 Å². The van der Waals surface area contributed by atoms with Crippen molar-refractivity contribution in [1.29, 1.82) is 0 Å². The highest BCUT2D eigenvalue weighted by atomic mass is 35.5. The lowest BCUT2D eigenvalue weighted by Crippen LogP contribution is -2.28. The Hall–Kier alpha value is -3.97. The summed E-state index contributed by atoms with van der Waals surface area (Å²) in [6, 6.07) is 4.60. The van der Waals surface area contributed by atoms with Crippen molar-refractivity contribution in [3.8, 4) is 16.9 Å². The van der Waals surface area contributed by atoms with Gasteiger partial charge < -0.3 is 9.64 Å². The molecule has 5 heterocycles. The van der Waals surface area contributed by atoms with Crippen molar-refractivity contribution < 1.29 is 23.1 Å². The van der Waals surface area contributed by atoms with E-state index >= 15 is 0 Å². The first-order chi connectivity index (χ1) is 17.7. The number of aromatic nitrogens is 5. The second-order valence-electron chi connectivity index (χ2n) is 8.02. The minimum atomic E-state index is -2.92. The van der Waals surface area contributed by atoms with Gasteiger partial charge in [0.2, 0.25) is 0 Å². The lowest BCUT2D eigenvalue weighted by atomic mass is 10.0. The number of hydrogen-bond acceptors (Lipinski definition) is 8. The van der Waals surface area contributed by atoms with Crippen LogP contribution in [0.15, 0.2) is 36.8 Å². The molecular formula is C23H18ClF2N7O3S. The Morgan fingerprint density at radius 1 is 1.19 bits per heavy atom. The molecule has 0 bridgehead atoms. The summed E-state index contributed by atoms with van der Waals surface area (Å²) in [6.45, 7) is -0.818. The number of nitrogens with zero attached hydrogens (tertiary/aromatic N) is 6. The van der Waals surface area contributed by atoms with Crippen molar-refractivity contribution in [2.45, 2.75) is 26.6 Å². The second kappa shape index (κ2) is 9.82. The summed E-state index contributed by atoms with van der Waals surface area (Å²) in [7, 11) is 1.49. The van der Waals surface area contributed by atoms with Gasteiger partial charge >= 0.3 is 6.55 Å². The SMILES string of the molecule is COc1cnc(Cl)cc1-c1cc(C)ncc1C(=O)Nc1nc2c(s1)CN(C(=O)c1ccnn1C(F)F)C2. The van der Waals surface area contributed by atoms with Crippen LogP contribution in [0.25, 0.3) is 11.1 Å². The minimum absolute atomic E-state index is 0.124. The summed E-state index contributed by atoms with van der Waals surface area (Å²) in [5, 5.41) is 6.87. The molecule has 2 amide bonds. The van der Waals surface area contributed by atoms with E-state index in [1.165, 1.54) is 41.8 Å². The minimum Gasteiger partial charge on any atom is -0.494 e. The number of carbonyl (C=O) groups is 2. The van der Waals surface area contributed by atoms with Gasteiger partial charge in [-0.15, -0.1) is 0 Å². The number of carbonyl (C=O) groups excluding carboxylic acids is 2. The van der Waals surface area contributed by atoms with Crippen molar-refractivity contribution in [3.05, 3.63) is 69.5 Å². The van der Waals surface area contributed by atoms with E-state index in [1.54, 1.807) is 19.1 Å². The number of nitrogens with one attached hydrogen (secondary N) is 1. The fourth-order valence-corrected chi connectivity index (χ4v) is 5.10. The second-order valence-corrected chi connectivity index (χ2v) is 9.49. The topological polar surface area (TPSA) is 115 Å². The molecule has 0 radical (unpaired) electrons. The lowest BCUT2D eigenvalue weighted by molar-refractivity contribution is 0.0462. The van der Waals surface area contributed by atoms with Gasteiger partial charge in [0.15, 0.2) is 5.13 Å². The molecule has 5 rings (SSSR count). The number of aryl methyl sites for hydroxylation is 1. The van der Waals surface area contributed by atoms with Crippen LogP contribution < -0.4 is 10.1 Å². The van der Waals surface area contributed by atoms with Crippen LogP contribution in [0.1, 0.15) is 43.7 Å². The number of thiazole rings is 1. The molecule has 0 spiro atoms. The predicted octanol–water partition coefficient (Wildman–Crippen LogP) is 4.57. The Balaban J connectivity index is 1.35. The fraction of sp³-hybridized carbons (Fsp3) is 0.217. The summed E-state index contributed by atoms with van der Waals surface area (Å²) in [5.74, 6) is -0.581. The van der Waals surface area contributed by atoms with Crippen molar-refractivity contribution in [2.75, 3.05) is 12.4 Å². The first kappa shape index (κ1) is 24.7. The highest BCUT2D eigenvalue weighted by molar-refractivity contribution is 7.16. The zero-order valence-corrected chi connectivity index (χ0v) is 21.0. The van der Waals surface area contributed by atoms with Crippen molar-refractivity contribution in [2.24, 2.45) is 0 Å². The summed E-state index contributed by atoms with van der Waals surface area (Å²) in [4.78, 5) is 40.8. The van der Waals surface area contributed by atoms with Crippen molar-refractivity contribution in [1.82, 2.24) is 29.6 Å². The van der Waals surface area contributed by atoms with E-state index in [9.17, 15) is 18.4 Å². The molecule has 0 saturated carbocycles. The van der Waals surface area contributed by atoms with E-state index in [4.69, 9.17) is 16.3 Å².